The first-order valence-electron chi connectivity index (χ1n) is 24.5. The lowest BCUT2D eigenvalue weighted by Gasteiger charge is -2.30. The summed E-state index contributed by atoms with van der Waals surface area (Å²) < 4.78 is 0. The molecule has 4 heterocycles. The van der Waals surface area contributed by atoms with Crippen LogP contribution in [0.25, 0.3) is 10.9 Å². The summed E-state index contributed by atoms with van der Waals surface area (Å²) in [5, 5.41) is 17.4. The Bertz CT molecular complexity index is 2570. The Morgan fingerprint density at radius 2 is 1.40 bits per heavy atom. The molecule has 2 saturated heterocycles. The van der Waals surface area contributed by atoms with Gasteiger partial charge in [0.2, 0.25) is 41.4 Å². The summed E-state index contributed by atoms with van der Waals surface area (Å²) in [6.45, 7) is 2.92. The summed E-state index contributed by atoms with van der Waals surface area (Å²) in [6.07, 6.45) is 6.56. The number of amides is 7. The Labute approximate surface area is 417 Å². The summed E-state index contributed by atoms with van der Waals surface area (Å²) in [4.78, 5) is 139. The third-order valence-corrected chi connectivity index (χ3v) is 12.9. The predicted octanol–water partition coefficient (Wildman–Crippen LogP) is 0.797. The standard InChI is InChI=1S/C51H66N12O9/c1-30(64)44-21-12-24-63(44)50(72)43-28-35(66)16-6-8-19-38(57-31(2)65)45(67)61-42(27-34-15-10-22-54-34)49(71)59-40(25-32-13-4-3-5-14-32)47(69)58-39(20-11-23-55-51(52)53)46(68)60-41(48(70)62-43)26-33-29-56-37-18-9-7-17-36(33)37/h3-5,7,9,13-15,17-18,22,29,38-44,56H,6,8,10-12,16,19-21,23-28H2,1-2H3,(H,57,65)(H,58,69)(H,59,71)(H,60,68)(H,61,67)(H,62,70)(H4,52,53,55)/t38-,39-,40+,41-,42-,43-,44-/m0/s1. The van der Waals surface area contributed by atoms with Gasteiger partial charge in [-0.2, -0.15) is 0 Å². The zero-order valence-corrected chi connectivity index (χ0v) is 40.7. The van der Waals surface area contributed by atoms with Crippen molar-refractivity contribution in [2.45, 2.75) is 140 Å². The zero-order chi connectivity index (χ0) is 51.7. The van der Waals surface area contributed by atoms with Crippen molar-refractivity contribution in [3.63, 3.8) is 0 Å². The number of hydrogen-bond acceptors (Lipinski definition) is 11. The van der Waals surface area contributed by atoms with Crippen molar-refractivity contribution in [2.75, 3.05) is 13.1 Å². The Hall–Kier alpha value is -7.71. The molecule has 3 aliphatic heterocycles. The number of guanidine groups is 1. The van der Waals surface area contributed by atoms with Gasteiger partial charge in [0.25, 0.3) is 0 Å². The van der Waals surface area contributed by atoms with Gasteiger partial charge in [-0.25, -0.2) is 0 Å². The first-order valence-corrected chi connectivity index (χ1v) is 24.5. The molecule has 72 heavy (non-hydrogen) atoms. The van der Waals surface area contributed by atoms with Gasteiger partial charge in [-0.15, -0.1) is 0 Å². The van der Waals surface area contributed by atoms with E-state index in [0.29, 0.717) is 36.1 Å². The van der Waals surface area contributed by atoms with Crippen molar-refractivity contribution in [1.82, 2.24) is 41.8 Å². The molecule has 2 fully saturated rings. The third kappa shape index (κ3) is 15.4. The number of Topliss-reactive ketones (excluding diaryl/α,β-unsaturated/α-hetero) is 2. The SMILES string of the molecule is CC(=O)N[C@H]1CCCCC(=O)C[C@@H](C(=O)N2CCC[C@H]2C(C)=O)NC(=O)[C@H](Cc2c[nH]c3ccccc23)NC(=O)[C@H](CCCN=C(N)N)NC(=O)[C@@H](Cc2ccccc2)NC(=O)[C@H](CC2=CCC=N2)NC1=O. The van der Waals surface area contributed by atoms with E-state index in [-0.39, 0.29) is 82.6 Å². The van der Waals surface area contributed by atoms with Crippen LogP contribution >= 0.6 is 0 Å². The number of aromatic amines is 1. The largest absolute Gasteiger partial charge is 0.370 e. The number of para-hydroxylation sites is 1. The molecule has 0 saturated carbocycles. The molecule has 21 heteroatoms. The van der Waals surface area contributed by atoms with Gasteiger partial charge in [-0.3, -0.25) is 53.1 Å². The fraction of sp³-hybridized carbons (Fsp3) is 0.471. The number of nitrogens with zero attached hydrogens (tertiary/aromatic N) is 3. The van der Waals surface area contributed by atoms with E-state index in [4.69, 9.17) is 11.5 Å². The minimum atomic E-state index is -1.43. The van der Waals surface area contributed by atoms with Crippen LogP contribution in [0.3, 0.4) is 0 Å². The molecule has 0 aliphatic carbocycles. The fourth-order valence-electron chi connectivity index (χ4n) is 9.26. The van der Waals surface area contributed by atoms with Gasteiger partial charge in [0, 0.05) is 87.5 Å². The van der Waals surface area contributed by atoms with E-state index in [1.165, 1.54) is 18.7 Å². The van der Waals surface area contributed by atoms with E-state index >= 15 is 0 Å². The number of hydrogen-bond donors (Lipinski definition) is 9. The molecule has 6 rings (SSSR count). The molecular weight excluding hydrogens is 925 g/mol. The smallest absolute Gasteiger partial charge is 0.246 e. The molecular formula is C51H66N12O9. The lowest BCUT2D eigenvalue weighted by atomic mass is 9.99. The van der Waals surface area contributed by atoms with Crippen LogP contribution < -0.4 is 43.4 Å². The molecule has 3 aromatic rings. The molecule has 384 valence electrons. The summed E-state index contributed by atoms with van der Waals surface area (Å²) in [7, 11) is 0. The number of fused-ring (bicyclic) bond motifs is 1. The van der Waals surface area contributed by atoms with E-state index in [2.05, 4.69) is 46.9 Å². The molecule has 2 aromatic carbocycles. The average molecular weight is 991 g/mol. The third-order valence-electron chi connectivity index (χ3n) is 12.9. The van der Waals surface area contributed by atoms with Gasteiger partial charge >= 0.3 is 0 Å². The number of ketones is 2. The molecule has 1 aromatic heterocycles. The Balaban J connectivity index is 1.40. The van der Waals surface area contributed by atoms with Crippen molar-refractivity contribution >= 4 is 76.0 Å². The maximum Gasteiger partial charge on any atom is 0.246 e. The highest BCUT2D eigenvalue weighted by molar-refractivity contribution is 5.99. The van der Waals surface area contributed by atoms with Crippen LogP contribution in [0.2, 0.25) is 0 Å². The van der Waals surface area contributed by atoms with Crippen molar-refractivity contribution in [1.29, 1.82) is 0 Å². The van der Waals surface area contributed by atoms with Gasteiger partial charge in [0.15, 0.2) is 11.7 Å². The number of H-pyrrole nitrogens is 1. The number of likely N-dealkylation sites (tertiary alicyclic amines) is 1. The summed E-state index contributed by atoms with van der Waals surface area (Å²) in [5.74, 6) is -5.79. The lowest BCUT2D eigenvalue weighted by Crippen LogP contribution is -2.60. The van der Waals surface area contributed by atoms with E-state index in [9.17, 15) is 43.2 Å². The van der Waals surface area contributed by atoms with Crippen LogP contribution in [0.5, 0.6) is 0 Å². The number of rotatable bonds is 13. The van der Waals surface area contributed by atoms with Crippen molar-refractivity contribution < 1.29 is 43.2 Å². The van der Waals surface area contributed by atoms with E-state index in [0.717, 1.165) is 10.9 Å². The molecule has 0 spiro atoms. The van der Waals surface area contributed by atoms with Crippen LogP contribution in [-0.2, 0) is 56.0 Å². The maximum absolute atomic E-state index is 14.8. The van der Waals surface area contributed by atoms with Gasteiger partial charge in [0.05, 0.1) is 6.04 Å². The number of carbonyl (C=O) groups excluding carboxylic acids is 9. The van der Waals surface area contributed by atoms with Crippen LogP contribution in [0.1, 0.15) is 95.6 Å². The Kier molecular flexibility index (Phi) is 19.3. The van der Waals surface area contributed by atoms with Gasteiger partial charge in [-0.05, 0) is 62.6 Å². The number of aliphatic imine (C=N–C) groups is 2. The summed E-state index contributed by atoms with van der Waals surface area (Å²) >= 11 is 0. The molecule has 11 N–H and O–H groups in total. The number of allylic oxidation sites excluding steroid dienone is 1. The van der Waals surface area contributed by atoms with Crippen LogP contribution in [-0.4, -0.2) is 130 Å². The van der Waals surface area contributed by atoms with Crippen molar-refractivity contribution in [2.24, 2.45) is 21.5 Å². The molecule has 0 bridgehead atoms. The molecule has 3 aliphatic rings. The highest BCUT2D eigenvalue weighted by atomic mass is 16.2. The van der Waals surface area contributed by atoms with Crippen LogP contribution in [0.15, 0.2) is 82.6 Å². The van der Waals surface area contributed by atoms with Gasteiger partial charge < -0.3 is 53.3 Å². The zero-order valence-electron chi connectivity index (χ0n) is 40.7. The van der Waals surface area contributed by atoms with Gasteiger partial charge in [0.1, 0.15) is 42.0 Å². The molecule has 21 nitrogen and oxygen atoms in total. The first-order chi connectivity index (χ1) is 34.6. The van der Waals surface area contributed by atoms with E-state index in [1.54, 1.807) is 48.8 Å². The minimum absolute atomic E-state index is 0.0436. The molecule has 7 atom stereocenters. The van der Waals surface area contributed by atoms with Crippen molar-refractivity contribution in [3.8, 4) is 0 Å². The summed E-state index contributed by atoms with van der Waals surface area (Å²) in [5.41, 5.74) is 13.8. The quantitative estimate of drug-likeness (QED) is 0.0655. The second kappa shape index (κ2) is 25.9. The molecule has 0 unspecified atom stereocenters. The fourth-order valence-corrected chi connectivity index (χ4v) is 9.26. The molecule has 7 amide bonds. The Morgan fingerprint density at radius 3 is 2.10 bits per heavy atom. The molecule has 0 radical (unpaired) electrons. The second-order valence-corrected chi connectivity index (χ2v) is 18.5. The van der Waals surface area contributed by atoms with E-state index < -0.39 is 95.8 Å². The predicted molar refractivity (Wildman–Crippen MR) is 269 cm³/mol. The second-order valence-electron chi connectivity index (χ2n) is 18.5. The highest BCUT2D eigenvalue weighted by Gasteiger charge is 2.39. The highest BCUT2D eigenvalue weighted by Crippen LogP contribution is 2.23. The number of benzene rings is 2. The monoisotopic (exact) mass is 991 g/mol. The first kappa shape index (κ1) is 53.6. The number of aromatic nitrogens is 1. The number of nitrogens with one attached hydrogen (secondary N) is 7. The topological polar surface area (TPSA) is 322 Å². The normalized spacial score (nSPS) is 24.1. The average Bonchev–Trinajstić information content (AvgIpc) is 4.15. The summed E-state index contributed by atoms with van der Waals surface area (Å²) in [6, 6.07) is 7.53. The van der Waals surface area contributed by atoms with E-state index in [1.807, 2.05) is 24.3 Å². The van der Waals surface area contributed by atoms with Crippen molar-refractivity contribution in [3.05, 3.63) is 83.7 Å². The maximum atomic E-state index is 14.8. The minimum Gasteiger partial charge on any atom is -0.370 e. The lowest BCUT2D eigenvalue weighted by molar-refractivity contribution is -0.142. The van der Waals surface area contributed by atoms with Crippen LogP contribution in [0.4, 0.5) is 0 Å². The van der Waals surface area contributed by atoms with Crippen LogP contribution in [0, 0.1) is 0 Å². The van der Waals surface area contributed by atoms with Gasteiger partial charge in [-0.1, -0.05) is 61.0 Å². The Morgan fingerprint density at radius 1 is 0.750 bits per heavy atom. The number of nitrogens with two attached hydrogens (primary N) is 2. The number of carbonyl (C=O) groups is 9.